The minimum Gasteiger partial charge on any atom is -0.388 e. The first-order valence-electron chi connectivity index (χ1n) is 5.02. The predicted molar refractivity (Wildman–Crippen MR) is 51.7 cm³/mol. The second-order valence-electron chi connectivity index (χ2n) is 3.75. The van der Waals surface area contributed by atoms with E-state index in [-0.39, 0.29) is 0 Å². The Kier molecular flexibility index (Phi) is 4.26. The highest BCUT2D eigenvalue weighted by Crippen LogP contribution is 2.36. The Balaban J connectivity index is 2.89. The lowest BCUT2D eigenvalue weighted by Gasteiger charge is -2.17. The first-order chi connectivity index (χ1) is 8.11. The van der Waals surface area contributed by atoms with E-state index in [2.05, 4.69) is 0 Å². The van der Waals surface area contributed by atoms with Crippen molar-refractivity contribution in [1.82, 2.24) is 0 Å². The monoisotopic (exact) mass is 272 g/mol. The van der Waals surface area contributed by atoms with Gasteiger partial charge in [-0.2, -0.15) is 26.3 Å². The maximum atomic E-state index is 12.5. The Bertz CT molecular complexity index is 395. The van der Waals surface area contributed by atoms with Crippen molar-refractivity contribution < 1.29 is 31.4 Å². The molecule has 1 aromatic carbocycles. The van der Waals surface area contributed by atoms with Gasteiger partial charge in [0.1, 0.15) is 0 Å². The van der Waals surface area contributed by atoms with Crippen LogP contribution in [0.25, 0.3) is 0 Å². The van der Waals surface area contributed by atoms with Crippen molar-refractivity contribution >= 4 is 0 Å². The van der Waals surface area contributed by atoms with Gasteiger partial charge in [0.05, 0.1) is 11.7 Å². The normalized spacial score (nSPS) is 14.6. The third-order valence-electron chi connectivity index (χ3n) is 2.33. The molecule has 102 valence electrons. The maximum absolute atomic E-state index is 12.5. The molecule has 0 bridgehead atoms. The van der Waals surface area contributed by atoms with E-state index in [0.717, 1.165) is 18.2 Å². The number of halogens is 6. The Hall–Kier alpha value is -1.24. The van der Waals surface area contributed by atoms with E-state index >= 15 is 0 Å². The third kappa shape index (κ3) is 4.21. The molecule has 0 saturated carbocycles. The number of aliphatic hydroxyl groups is 1. The van der Waals surface area contributed by atoms with Gasteiger partial charge >= 0.3 is 12.4 Å². The predicted octanol–water partition coefficient (Wildman–Crippen LogP) is 4.08. The molecule has 1 rings (SSSR count). The number of rotatable bonds is 3. The van der Waals surface area contributed by atoms with Gasteiger partial charge in [0, 0.05) is 6.42 Å². The Labute approximate surface area is 99.0 Å². The highest BCUT2D eigenvalue weighted by Gasteiger charge is 2.35. The highest BCUT2D eigenvalue weighted by atomic mass is 19.4. The van der Waals surface area contributed by atoms with E-state index in [1.54, 1.807) is 0 Å². The van der Waals surface area contributed by atoms with Crippen molar-refractivity contribution in [2.45, 2.75) is 31.3 Å². The molecule has 0 heterocycles. The summed E-state index contributed by atoms with van der Waals surface area (Å²) < 4.78 is 73.4. The molecular weight excluding hydrogens is 262 g/mol. The standard InChI is InChI=1S/C11H10F6O/c12-10(13,14)6-5-9(18)7-3-1-2-4-8(7)11(15,16)17/h1-4,9,18H,5-6H2. The molecule has 0 aliphatic heterocycles. The van der Waals surface area contributed by atoms with E-state index in [9.17, 15) is 31.4 Å². The SMILES string of the molecule is OC(CCC(F)(F)F)c1ccccc1C(F)(F)F. The van der Waals surface area contributed by atoms with E-state index in [1.807, 2.05) is 0 Å². The number of hydrogen-bond donors (Lipinski definition) is 1. The summed E-state index contributed by atoms with van der Waals surface area (Å²) in [7, 11) is 0. The summed E-state index contributed by atoms with van der Waals surface area (Å²) in [6.45, 7) is 0. The van der Waals surface area contributed by atoms with Crippen molar-refractivity contribution in [3.05, 3.63) is 35.4 Å². The first-order valence-corrected chi connectivity index (χ1v) is 5.02. The fourth-order valence-electron chi connectivity index (χ4n) is 1.50. The molecule has 1 unspecified atom stereocenters. The molecule has 0 spiro atoms. The molecule has 0 fully saturated rings. The molecule has 0 amide bonds. The minimum atomic E-state index is -4.70. The smallest absolute Gasteiger partial charge is 0.388 e. The number of alkyl halides is 6. The molecule has 1 atom stereocenters. The van der Waals surface area contributed by atoms with Gasteiger partial charge in [0.25, 0.3) is 0 Å². The molecule has 0 aliphatic rings. The lowest BCUT2D eigenvalue weighted by Crippen LogP contribution is -2.14. The quantitative estimate of drug-likeness (QED) is 0.822. The van der Waals surface area contributed by atoms with Crippen LogP contribution < -0.4 is 0 Å². The number of hydrogen-bond acceptors (Lipinski definition) is 1. The average molecular weight is 272 g/mol. The number of aliphatic hydroxyl groups excluding tert-OH is 1. The van der Waals surface area contributed by atoms with Crippen LogP contribution in [0.1, 0.15) is 30.1 Å². The van der Waals surface area contributed by atoms with Crippen LogP contribution in [0.2, 0.25) is 0 Å². The minimum absolute atomic E-state index is 0.533. The lowest BCUT2D eigenvalue weighted by molar-refractivity contribution is -0.143. The Morgan fingerprint density at radius 1 is 1.00 bits per heavy atom. The first kappa shape index (κ1) is 14.8. The van der Waals surface area contributed by atoms with E-state index < -0.39 is 42.4 Å². The second kappa shape index (κ2) is 5.17. The van der Waals surface area contributed by atoms with Crippen LogP contribution in [-0.4, -0.2) is 11.3 Å². The molecule has 1 N–H and O–H groups in total. The molecule has 18 heavy (non-hydrogen) atoms. The lowest BCUT2D eigenvalue weighted by atomic mass is 9.98. The van der Waals surface area contributed by atoms with Gasteiger partial charge in [-0.25, -0.2) is 0 Å². The van der Waals surface area contributed by atoms with Crippen LogP contribution in [0.5, 0.6) is 0 Å². The van der Waals surface area contributed by atoms with Crippen LogP contribution in [0.3, 0.4) is 0 Å². The summed E-state index contributed by atoms with van der Waals surface area (Å²) in [4.78, 5) is 0. The topological polar surface area (TPSA) is 20.2 Å². The summed E-state index contributed by atoms with van der Waals surface area (Å²) in [5.74, 6) is 0. The zero-order valence-corrected chi connectivity index (χ0v) is 9.02. The van der Waals surface area contributed by atoms with E-state index in [0.29, 0.717) is 0 Å². The molecular formula is C11H10F6O. The molecule has 1 aromatic rings. The Morgan fingerprint density at radius 2 is 1.56 bits per heavy atom. The van der Waals surface area contributed by atoms with Crippen molar-refractivity contribution in [3.8, 4) is 0 Å². The molecule has 0 saturated heterocycles. The van der Waals surface area contributed by atoms with Gasteiger partial charge in [-0.1, -0.05) is 18.2 Å². The third-order valence-corrected chi connectivity index (χ3v) is 2.33. The van der Waals surface area contributed by atoms with Gasteiger partial charge in [-0.15, -0.1) is 0 Å². The van der Waals surface area contributed by atoms with Gasteiger partial charge in [0.15, 0.2) is 0 Å². The molecule has 0 radical (unpaired) electrons. The molecule has 0 aromatic heterocycles. The van der Waals surface area contributed by atoms with Crippen LogP contribution >= 0.6 is 0 Å². The van der Waals surface area contributed by atoms with Crippen molar-refractivity contribution in [1.29, 1.82) is 0 Å². The van der Waals surface area contributed by atoms with Crippen molar-refractivity contribution in [2.75, 3.05) is 0 Å². The van der Waals surface area contributed by atoms with Gasteiger partial charge in [-0.3, -0.25) is 0 Å². The largest absolute Gasteiger partial charge is 0.416 e. The molecule has 7 heteroatoms. The molecule has 0 aliphatic carbocycles. The highest BCUT2D eigenvalue weighted by molar-refractivity contribution is 5.31. The second-order valence-corrected chi connectivity index (χ2v) is 3.75. The summed E-state index contributed by atoms with van der Waals surface area (Å²) in [6, 6.07) is 4.06. The van der Waals surface area contributed by atoms with Crippen LogP contribution in [0.15, 0.2) is 24.3 Å². The zero-order chi connectivity index (χ0) is 14.0. The summed E-state index contributed by atoms with van der Waals surface area (Å²) in [5, 5.41) is 9.43. The van der Waals surface area contributed by atoms with Gasteiger partial charge in [0.2, 0.25) is 0 Å². The molecule has 1 nitrogen and oxygen atoms in total. The van der Waals surface area contributed by atoms with Crippen LogP contribution in [-0.2, 0) is 6.18 Å². The van der Waals surface area contributed by atoms with Crippen molar-refractivity contribution in [2.24, 2.45) is 0 Å². The zero-order valence-electron chi connectivity index (χ0n) is 9.02. The Morgan fingerprint density at radius 3 is 2.06 bits per heavy atom. The van der Waals surface area contributed by atoms with Gasteiger partial charge < -0.3 is 5.11 Å². The average Bonchev–Trinajstić information content (AvgIpc) is 2.24. The summed E-state index contributed by atoms with van der Waals surface area (Å²) in [5.41, 5.74) is -1.64. The summed E-state index contributed by atoms with van der Waals surface area (Å²) in [6.07, 6.45) is -13.1. The van der Waals surface area contributed by atoms with E-state index in [1.165, 1.54) is 6.07 Å². The fourth-order valence-corrected chi connectivity index (χ4v) is 1.50. The van der Waals surface area contributed by atoms with E-state index in [4.69, 9.17) is 0 Å². The van der Waals surface area contributed by atoms with Crippen LogP contribution in [0.4, 0.5) is 26.3 Å². The maximum Gasteiger partial charge on any atom is 0.416 e. The summed E-state index contributed by atoms with van der Waals surface area (Å²) >= 11 is 0. The fraction of sp³-hybridized carbons (Fsp3) is 0.455. The van der Waals surface area contributed by atoms with Crippen molar-refractivity contribution in [3.63, 3.8) is 0 Å². The number of benzene rings is 1. The van der Waals surface area contributed by atoms with Gasteiger partial charge in [-0.05, 0) is 18.1 Å². The van der Waals surface area contributed by atoms with Crippen LogP contribution in [0, 0.1) is 0 Å².